The molecule has 3 heterocycles. The topological polar surface area (TPSA) is 59.4 Å². The van der Waals surface area contributed by atoms with Crippen LogP contribution in [0.25, 0.3) is 0 Å². The first kappa shape index (κ1) is 19.4. The van der Waals surface area contributed by atoms with Crippen molar-refractivity contribution in [3.63, 3.8) is 0 Å². The van der Waals surface area contributed by atoms with Crippen LogP contribution in [0.3, 0.4) is 0 Å². The smallest absolute Gasteiger partial charge is 0.231 e. The molecule has 2 fully saturated rings. The van der Waals surface area contributed by atoms with Crippen molar-refractivity contribution < 1.29 is 13.9 Å². The van der Waals surface area contributed by atoms with E-state index in [0.717, 1.165) is 38.2 Å². The number of rotatable bonds is 5. The first-order valence-corrected chi connectivity index (χ1v) is 10.1. The lowest BCUT2D eigenvalue weighted by Gasteiger charge is -2.33. The quantitative estimate of drug-likeness (QED) is 0.825. The van der Waals surface area contributed by atoms with Gasteiger partial charge < -0.3 is 10.1 Å². The number of amides is 1. The van der Waals surface area contributed by atoms with Crippen molar-refractivity contribution in [1.29, 1.82) is 0 Å². The zero-order valence-corrected chi connectivity index (χ0v) is 16.4. The molecule has 1 N–H and O–H groups in total. The van der Waals surface area contributed by atoms with Gasteiger partial charge in [0.05, 0.1) is 24.8 Å². The normalized spacial score (nSPS) is 21.1. The summed E-state index contributed by atoms with van der Waals surface area (Å²) in [6, 6.07) is 6.83. The Hall–Kier alpha value is -1.96. The number of carbonyl (C=O) groups excluding carboxylic acids is 1. The summed E-state index contributed by atoms with van der Waals surface area (Å²) in [6.07, 6.45) is 4.23. The monoisotopic (exact) mass is 406 g/mol. The van der Waals surface area contributed by atoms with E-state index >= 15 is 0 Å². The first-order valence-electron chi connectivity index (χ1n) is 9.69. The molecule has 0 spiro atoms. The number of benzene rings is 1. The van der Waals surface area contributed by atoms with E-state index in [1.807, 2.05) is 10.7 Å². The van der Waals surface area contributed by atoms with Gasteiger partial charge in [-0.1, -0.05) is 17.7 Å². The fourth-order valence-electron chi connectivity index (χ4n) is 3.90. The predicted molar refractivity (Wildman–Crippen MR) is 105 cm³/mol. The maximum atomic E-state index is 14.0. The molecular formula is C20H24ClFN4O2. The summed E-state index contributed by atoms with van der Waals surface area (Å²) >= 11 is 6.15. The van der Waals surface area contributed by atoms with Gasteiger partial charge in [-0.15, -0.1) is 0 Å². The Morgan fingerprint density at radius 2 is 2.11 bits per heavy atom. The summed E-state index contributed by atoms with van der Waals surface area (Å²) in [6.45, 7) is 3.26. The molecule has 2 aromatic rings. The lowest BCUT2D eigenvalue weighted by atomic mass is 10.0. The molecule has 6 nitrogen and oxygen atoms in total. The molecule has 150 valence electrons. The van der Waals surface area contributed by atoms with Crippen LogP contribution in [0.2, 0.25) is 5.02 Å². The van der Waals surface area contributed by atoms with E-state index in [9.17, 15) is 9.18 Å². The molecule has 0 unspecified atom stereocenters. The van der Waals surface area contributed by atoms with Crippen LogP contribution in [0.1, 0.15) is 30.9 Å². The molecule has 4 rings (SSSR count). The second-order valence-electron chi connectivity index (χ2n) is 7.42. The summed E-state index contributed by atoms with van der Waals surface area (Å²) in [4.78, 5) is 14.6. The second-order valence-corrected chi connectivity index (χ2v) is 7.83. The van der Waals surface area contributed by atoms with Crippen molar-refractivity contribution in [2.45, 2.75) is 31.8 Å². The highest BCUT2D eigenvalue weighted by Gasteiger charge is 2.27. The minimum absolute atomic E-state index is 0.00844. The third kappa shape index (κ3) is 4.21. The predicted octanol–water partition coefficient (Wildman–Crippen LogP) is 3.49. The van der Waals surface area contributed by atoms with Crippen LogP contribution < -0.4 is 5.32 Å². The number of anilines is 1. The van der Waals surface area contributed by atoms with Gasteiger partial charge in [-0.3, -0.25) is 9.69 Å². The standard InChI is InChI=1S/C20H24ClFN4O2/c21-17-2-1-3-18(22)16(17)12-25-9-5-15(6-10-25)26-19(4-8-23-26)24-20(27)14-7-11-28-13-14/h1-4,8,14-15H,5-7,9-13H2,(H,24,27)/t14-/m1/s1. The van der Waals surface area contributed by atoms with Crippen molar-refractivity contribution in [3.05, 3.63) is 46.9 Å². The molecule has 2 saturated heterocycles. The van der Waals surface area contributed by atoms with Crippen LogP contribution >= 0.6 is 11.6 Å². The zero-order chi connectivity index (χ0) is 19.5. The molecule has 0 aliphatic carbocycles. The van der Waals surface area contributed by atoms with E-state index in [1.165, 1.54) is 6.07 Å². The molecule has 1 atom stereocenters. The van der Waals surface area contributed by atoms with E-state index in [4.69, 9.17) is 16.3 Å². The van der Waals surface area contributed by atoms with Crippen molar-refractivity contribution in [2.75, 3.05) is 31.6 Å². The van der Waals surface area contributed by atoms with Crippen LogP contribution in [0.5, 0.6) is 0 Å². The molecule has 0 saturated carbocycles. The number of hydrogen-bond donors (Lipinski definition) is 1. The highest BCUT2D eigenvalue weighted by atomic mass is 35.5. The minimum Gasteiger partial charge on any atom is -0.381 e. The number of halogens is 2. The number of hydrogen-bond acceptors (Lipinski definition) is 4. The fraction of sp³-hybridized carbons (Fsp3) is 0.500. The number of likely N-dealkylation sites (tertiary alicyclic amines) is 1. The van der Waals surface area contributed by atoms with Gasteiger partial charge in [0.2, 0.25) is 5.91 Å². The van der Waals surface area contributed by atoms with Crippen molar-refractivity contribution >= 4 is 23.3 Å². The number of piperidine rings is 1. The van der Waals surface area contributed by atoms with E-state index in [1.54, 1.807) is 18.3 Å². The van der Waals surface area contributed by atoms with Gasteiger partial charge in [0.15, 0.2) is 0 Å². The van der Waals surface area contributed by atoms with Crippen molar-refractivity contribution in [1.82, 2.24) is 14.7 Å². The lowest BCUT2D eigenvalue weighted by molar-refractivity contribution is -0.119. The molecule has 1 amide bonds. The Morgan fingerprint density at radius 3 is 2.82 bits per heavy atom. The van der Waals surface area contributed by atoms with Crippen molar-refractivity contribution in [2.24, 2.45) is 5.92 Å². The van der Waals surface area contributed by atoms with Crippen molar-refractivity contribution in [3.8, 4) is 0 Å². The van der Waals surface area contributed by atoms with Gasteiger partial charge in [-0.05, 0) is 31.4 Å². The molecular weight excluding hydrogens is 383 g/mol. The van der Waals surface area contributed by atoms with E-state index in [0.29, 0.717) is 30.3 Å². The van der Waals surface area contributed by atoms with E-state index in [2.05, 4.69) is 15.3 Å². The zero-order valence-electron chi connectivity index (χ0n) is 15.6. The Balaban J connectivity index is 1.35. The van der Waals surface area contributed by atoms with Gasteiger partial charge in [-0.2, -0.15) is 5.10 Å². The van der Waals surface area contributed by atoms with Gasteiger partial charge in [0.25, 0.3) is 0 Å². The molecule has 8 heteroatoms. The van der Waals surface area contributed by atoms with Crippen LogP contribution in [0, 0.1) is 11.7 Å². The highest BCUT2D eigenvalue weighted by molar-refractivity contribution is 6.31. The summed E-state index contributed by atoms with van der Waals surface area (Å²) in [5, 5.41) is 7.89. The molecule has 1 aromatic heterocycles. The number of carbonyl (C=O) groups is 1. The number of ether oxygens (including phenoxy) is 1. The highest BCUT2D eigenvalue weighted by Crippen LogP contribution is 2.28. The third-order valence-corrected chi connectivity index (χ3v) is 5.92. The van der Waals surface area contributed by atoms with Crippen LogP contribution in [0.15, 0.2) is 30.5 Å². The van der Waals surface area contributed by atoms with Gasteiger partial charge >= 0.3 is 0 Å². The Kier molecular flexibility index (Phi) is 5.94. The molecule has 2 aliphatic rings. The summed E-state index contributed by atoms with van der Waals surface area (Å²) in [7, 11) is 0. The SMILES string of the molecule is O=C(Nc1ccnn1C1CCN(Cc2c(F)cccc2Cl)CC1)[C@@H]1CCOC1. The largest absolute Gasteiger partial charge is 0.381 e. The maximum absolute atomic E-state index is 14.0. The Labute approximate surface area is 168 Å². The average molecular weight is 407 g/mol. The summed E-state index contributed by atoms with van der Waals surface area (Å²) in [5.74, 6) is 0.372. The van der Waals surface area contributed by atoms with E-state index < -0.39 is 0 Å². The molecule has 2 aliphatic heterocycles. The first-order chi connectivity index (χ1) is 13.6. The van der Waals surface area contributed by atoms with Crippen LogP contribution in [-0.2, 0) is 16.1 Å². The Bertz CT molecular complexity index is 809. The number of aromatic nitrogens is 2. The summed E-state index contributed by atoms with van der Waals surface area (Å²) < 4.78 is 21.2. The number of nitrogens with zero attached hydrogens (tertiary/aromatic N) is 3. The van der Waals surface area contributed by atoms with Gasteiger partial charge in [0.1, 0.15) is 11.6 Å². The third-order valence-electron chi connectivity index (χ3n) is 5.57. The molecule has 28 heavy (non-hydrogen) atoms. The van der Waals surface area contributed by atoms with Gasteiger partial charge in [0, 0.05) is 42.9 Å². The lowest BCUT2D eigenvalue weighted by Crippen LogP contribution is -2.35. The summed E-state index contributed by atoms with van der Waals surface area (Å²) in [5.41, 5.74) is 0.549. The molecule has 1 aromatic carbocycles. The Morgan fingerprint density at radius 1 is 1.29 bits per heavy atom. The van der Waals surface area contributed by atoms with Crippen LogP contribution in [0.4, 0.5) is 10.2 Å². The van der Waals surface area contributed by atoms with Gasteiger partial charge in [-0.25, -0.2) is 9.07 Å². The average Bonchev–Trinajstić information content (AvgIpc) is 3.37. The van der Waals surface area contributed by atoms with E-state index in [-0.39, 0.29) is 23.7 Å². The maximum Gasteiger partial charge on any atom is 0.231 e. The minimum atomic E-state index is -0.261. The fourth-order valence-corrected chi connectivity index (χ4v) is 4.13. The van der Waals surface area contributed by atoms with Crippen LogP contribution in [-0.4, -0.2) is 46.9 Å². The molecule has 0 bridgehead atoms. The number of nitrogens with one attached hydrogen (secondary N) is 1. The molecule has 0 radical (unpaired) electrons. The second kappa shape index (κ2) is 8.59.